The average molecular weight is 451 g/mol. The molecule has 3 rings (SSSR count). The van der Waals surface area contributed by atoms with Crippen LogP contribution in [0.2, 0.25) is 0 Å². The first-order valence-electron chi connectivity index (χ1n) is 11.6. The third-order valence-electron chi connectivity index (χ3n) is 7.64. The average Bonchev–Trinajstić information content (AvgIpc) is 2.53. The van der Waals surface area contributed by atoms with E-state index in [-0.39, 0.29) is 48.7 Å². The molecule has 0 radical (unpaired) electrons. The summed E-state index contributed by atoms with van der Waals surface area (Å²) in [5.41, 5.74) is 3.06. The zero-order valence-corrected chi connectivity index (χ0v) is 22.3. The largest absolute Gasteiger partial charge is 0.393 e. The lowest BCUT2D eigenvalue weighted by molar-refractivity contribution is 0.123. The maximum absolute atomic E-state index is 10.5. The highest BCUT2D eigenvalue weighted by atomic mass is 31.1. The molecule has 170 valence electrons. The van der Waals surface area contributed by atoms with Gasteiger partial charge in [0.2, 0.25) is 0 Å². The van der Waals surface area contributed by atoms with Crippen LogP contribution >= 0.6 is 15.8 Å². The molecule has 0 saturated carbocycles. The SMILES string of the molecule is CC1(C)CC(O)CC(C)(C)P1Cc1ccccc1CP1C(C)(C)CC(O)CC1(C)C. The van der Waals surface area contributed by atoms with Gasteiger partial charge < -0.3 is 10.2 Å². The van der Waals surface area contributed by atoms with Crippen molar-refractivity contribution in [3.63, 3.8) is 0 Å². The van der Waals surface area contributed by atoms with E-state index < -0.39 is 0 Å². The fourth-order valence-electron chi connectivity index (χ4n) is 6.59. The Kier molecular flexibility index (Phi) is 6.91. The highest BCUT2D eigenvalue weighted by Crippen LogP contribution is 2.69. The van der Waals surface area contributed by atoms with Crippen LogP contribution in [0.25, 0.3) is 0 Å². The zero-order chi connectivity index (χ0) is 22.5. The van der Waals surface area contributed by atoms with E-state index in [1.165, 1.54) is 11.1 Å². The van der Waals surface area contributed by atoms with Crippen molar-refractivity contribution < 1.29 is 10.2 Å². The van der Waals surface area contributed by atoms with Crippen molar-refractivity contribution in [2.45, 2.75) is 126 Å². The van der Waals surface area contributed by atoms with E-state index in [1.54, 1.807) is 0 Å². The lowest BCUT2D eigenvalue weighted by atomic mass is 9.95. The van der Waals surface area contributed by atoms with Gasteiger partial charge in [0, 0.05) is 0 Å². The summed E-state index contributed by atoms with van der Waals surface area (Å²) in [6.07, 6.45) is 5.69. The molecule has 0 amide bonds. The van der Waals surface area contributed by atoms with Gasteiger partial charge in [-0.15, -0.1) is 0 Å². The van der Waals surface area contributed by atoms with Gasteiger partial charge in [-0.05, 0) is 69.8 Å². The number of aliphatic hydroxyl groups excluding tert-OH is 2. The topological polar surface area (TPSA) is 40.5 Å². The predicted octanol–water partition coefficient (Wildman–Crippen LogP) is 7.07. The summed E-state index contributed by atoms with van der Waals surface area (Å²) < 4.78 is 0. The third-order valence-corrected chi connectivity index (χ3v) is 15.5. The Bertz CT molecular complexity index is 654. The molecule has 2 fully saturated rings. The van der Waals surface area contributed by atoms with Crippen LogP contribution in [0.4, 0.5) is 0 Å². The molecule has 0 unspecified atom stereocenters. The Hall–Kier alpha value is -0.0000000000000000208. The van der Waals surface area contributed by atoms with Crippen molar-refractivity contribution in [2.75, 3.05) is 0 Å². The number of rotatable bonds is 4. The molecule has 4 heteroatoms. The van der Waals surface area contributed by atoms with Gasteiger partial charge in [0.1, 0.15) is 0 Å². The van der Waals surface area contributed by atoms with E-state index in [2.05, 4.69) is 79.7 Å². The minimum Gasteiger partial charge on any atom is -0.393 e. The summed E-state index contributed by atoms with van der Waals surface area (Å²) in [5, 5.41) is 21.7. The monoisotopic (exact) mass is 450 g/mol. The lowest BCUT2D eigenvalue weighted by Gasteiger charge is -2.53. The smallest absolute Gasteiger partial charge is 0.0557 e. The summed E-state index contributed by atoms with van der Waals surface area (Å²) in [6.45, 7) is 19.0. The summed E-state index contributed by atoms with van der Waals surface area (Å²) in [4.78, 5) is 0. The normalized spacial score (nSPS) is 34.5. The van der Waals surface area contributed by atoms with Gasteiger partial charge in [-0.25, -0.2) is 0 Å². The quantitative estimate of drug-likeness (QED) is 0.482. The molecule has 0 bridgehead atoms. The van der Waals surface area contributed by atoms with E-state index in [0.717, 1.165) is 38.0 Å². The molecular formula is C26H44O2P2. The second-order valence-electron chi connectivity index (χ2n) is 12.3. The molecule has 2 heterocycles. The lowest BCUT2D eigenvalue weighted by Crippen LogP contribution is -2.42. The van der Waals surface area contributed by atoms with Gasteiger partial charge in [0.25, 0.3) is 0 Å². The second kappa shape index (κ2) is 8.41. The van der Waals surface area contributed by atoms with Crippen LogP contribution in [-0.4, -0.2) is 43.0 Å². The summed E-state index contributed by atoms with van der Waals surface area (Å²) in [5.74, 6) is 0. The van der Waals surface area contributed by atoms with Crippen molar-refractivity contribution in [3.05, 3.63) is 35.4 Å². The zero-order valence-electron chi connectivity index (χ0n) is 20.5. The van der Waals surface area contributed by atoms with Gasteiger partial charge in [-0.2, -0.15) is 0 Å². The fraction of sp³-hybridized carbons (Fsp3) is 0.769. The minimum absolute atomic E-state index is 0.164. The van der Waals surface area contributed by atoms with Gasteiger partial charge in [-0.1, -0.05) is 95.5 Å². The van der Waals surface area contributed by atoms with E-state index >= 15 is 0 Å². The first-order valence-corrected chi connectivity index (χ1v) is 14.7. The van der Waals surface area contributed by atoms with E-state index in [4.69, 9.17) is 0 Å². The molecule has 2 aliphatic heterocycles. The molecular weight excluding hydrogens is 406 g/mol. The molecule has 2 N–H and O–H groups in total. The van der Waals surface area contributed by atoms with Crippen molar-refractivity contribution in [3.8, 4) is 0 Å². The van der Waals surface area contributed by atoms with E-state index in [9.17, 15) is 10.2 Å². The fourth-order valence-corrected chi connectivity index (χ4v) is 14.6. The molecule has 2 aliphatic rings. The molecule has 2 nitrogen and oxygen atoms in total. The summed E-state index contributed by atoms with van der Waals surface area (Å²) in [6, 6.07) is 9.15. The van der Waals surface area contributed by atoms with Crippen molar-refractivity contribution in [2.24, 2.45) is 0 Å². The van der Waals surface area contributed by atoms with Crippen molar-refractivity contribution >= 4 is 15.8 Å². The van der Waals surface area contributed by atoms with E-state index in [1.807, 2.05) is 0 Å². The van der Waals surface area contributed by atoms with Gasteiger partial charge >= 0.3 is 0 Å². The molecule has 0 aliphatic carbocycles. The number of hydrogen-bond acceptors (Lipinski definition) is 2. The molecule has 30 heavy (non-hydrogen) atoms. The molecule has 1 aromatic rings. The minimum atomic E-state index is -0.248. The molecule has 1 aromatic carbocycles. The van der Waals surface area contributed by atoms with Crippen molar-refractivity contribution in [1.29, 1.82) is 0 Å². The highest BCUT2D eigenvalue weighted by Gasteiger charge is 2.48. The van der Waals surface area contributed by atoms with Crippen LogP contribution in [0.15, 0.2) is 24.3 Å². The maximum Gasteiger partial charge on any atom is 0.0557 e. The number of aliphatic hydroxyl groups is 2. The van der Waals surface area contributed by atoms with Crippen LogP contribution in [0.5, 0.6) is 0 Å². The standard InChI is InChI=1S/C26H44O2P2/c1-23(2)13-21(27)14-24(3,4)29(23)17-19-11-9-10-12-20(19)18-30-25(5,6)15-22(28)16-26(30,7)8/h9-12,21-22,27-28H,13-18H2,1-8H3. The van der Waals surface area contributed by atoms with Crippen LogP contribution < -0.4 is 0 Å². The van der Waals surface area contributed by atoms with Gasteiger partial charge in [0.15, 0.2) is 0 Å². The Labute approximate surface area is 187 Å². The Balaban J connectivity index is 1.90. The first kappa shape index (κ1) is 24.6. The molecule has 2 saturated heterocycles. The summed E-state index contributed by atoms with van der Waals surface area (Å²) >= 11 is 0. The second-order valence-corrected chi connectivity index (χ2v) is 19.5. The predicted molar refractivity (Wildman–Crippen MR) is 134 cm³/mol. The molecule has 0 aromatic heterocycles. The van der Waals surface area contributed by atoms with E-state index in [0.29, 0.717) is 0 Å². The van der Waals surface area contributed by atoms with Crippen LogP contribution in [0, 0.1) is 0 Å². The number of hydrogen-bond donors (Lipinski definition) is 2. The third kappa shape index (κ3) is 5.14. The van der Waals surface area contributed by atoms with Gasteiger partial charge in [0.05, 0.1) is 12.2 Å². The van der Waals surface area contributed by atoms with Crippen molar-refractivity contribution in [1.82, 2.24) is 0 Å². The summed E-state index contributed by atoms with van der Waals surface area (Å²) in [7, 11) is -0.496. The van der Waals surface area contributed by atoms with Gasteiger partial charge in [-0.3, -0.25) is 0 Å². The molecule has 0 spiro atoms. The first-order chi connectivity index (χ1) is 13.6. The Morgan fingerprint density at radius 1 is 0.633 bits per heavy atom. The Morgan fingerprint density at radius 3 is 1.17 bits per heavy atom. The van der Waals surface area contributed by atoms with Crippen LogP contribution in [0.3, 0.4) is 0 Å². The van der Waals surface area contributed by atoms with Crippen LogP contribution in [0.1, 0.15) is 92.2 Å². The molecule has 0 atom stereocenters. The van der Waals surface area contributed by atoms with Crippen LogP contribution in [-0.2, 0) is 12.3 Å². The maximum atomic E-state index is 10.5. The highest BCUT2D eigenvalue weighted by molar-refractivity contribution is 7.60. The number of benzene rings is 1. The Morgan fingerprint density at radius 2 is 0.900 bits per heavy atom.